The van der Waals surface area contributed by atoms with Crippen molar-refractivity contribution >= 4 is 11.8 Å². The Bertz CT molecular complexity index is 294. The van der Waals surface area contributed by atoms with Crippen molar-refractivity contribution in [2.75, 3.05) is 33.2 Å². The molecule has 2 saturated heterocycles. The van der Waals surface area contributed by atoms with Gasteiger partial charge < -0.3 is 15.1 Å². The van der Waals surface area contributed by atoms with Crippen LogP contribution in [-0.2, 0) is 9.59 Å². The quantitative estimate of drug-likeness (QED) is 0.743. The lowest BCUT2D eigenvalue weighted by Crippen LogP contribution is -2.46. The summed E-state index contributed by atoms with van der Waals surface area (Å²) in [5.74, 6) is 0.131. The van der Waals surface area contributed by atoms with Gasteiger partial charge in [-0.2, -0.15) is 0 Å². The molecule has 2 fully saturated rings. The first-order chi connectivity index (χ1) is 8.18. The van der Waals surface area contributed by atoms with Crippen LogP contribution in [0.2, 0.25) is 0 Å². The number of hydrogen-bond donors (Lipinski definition) is 1. The van der Waals surface area contributed by atoms with Crippen LogP contribution in [0.3, 0.4) is 0 Å². The highest BCUT2D eigenvalue weighted by Gasteiger charge is 2.27. The number of nitrogens with zero attached hydrogens (tertiary/aromatic N) is 2. The van der Waals surface area contributed by atoms with E-state index in [-0.39, 0.29) is 24.4 Å². The molecule has 1 atom stereocenters. The minimum atomic E-state index is -0.0774. The molecule has 5 nitrogen and oxygen atoms in total. The van der Waals surface area contributed by atoms with Gasteiger partial charge in [-0.05, 0) is 32.2 Å². The highest BCUT2D eigenvalue weighted by molar-refractivity contribution is 5.87. The molecule has 2 aliphatic rings. The Morgan fingerprint density at radius 1 is 1.29 bits per heavy atom. The zero-order chi connectivity index (χ0) is 12.3. The topological polar surface area (TPSA) is 52.7 Å². The number of carbonyl (C=O) groups is 2. The summed E-state index contributed by atoms with van der Waals surface area (Å²) in [6, 6.07) is -0.0774. The molecule has 5 heteroatoms. The number of nitrogens with one attached hydrogen (secondary N) is 1. The van der Waals surface area contributed by atoms with Crippen molar-refractivity contribution in [2.24, 2.45) is 0 Å². The van der Waals surface area contributed by atoms with Gasteiger partial charge in [0.1, 0.15) is 0 Å². The Labute approximate surface area is 102 Å². The van der Waals surface area contributed by atoms with Crippen LogP contribution in [0.25, 0.3) is 0 Å². The summed E-state index contributed by atoms with van der Waals surface area (Å²) in [5.41, 5.74) is 0. The van der Waals surface area contributed by atoms with E-state index >= 15 is 0 Å². The van der Waals surface area contributed by atoms with Gasteiger partial charge in [-0.1, -0.05) is 0 Å². The van der Waals surface area contributed by atoms with E-state index in [1.165, 1.54) is 0 Å². The molecule has 2 rings (SSSR count). The highest BCUT2D eigenvalue weighted by Crippen LogP contribution is 2.10. The normalized spacial score (nSPS) is 24.1. The Balaban J connectivity index is 1.80. The van der Waals surface area contributed by atoms with E-state index < -0.39 is 0 Å². The molecular weight excluding hydrogens is 218 g/mol. The first kappa shape index (κ1) is 12.4. The third kappa shape index (κ3) is 2.97. The van der Waals surface area contributed by atoms with Crippen LogP contribution in [0.5, 0.6) is 0 Å². The average Bonchev–Trinajstić information content (AvgIpc) is 3.00. The molecule has 0 spiro atoms. The lowest BCUT2D eigenvalue weighted by atomic mass is 10.2. The largest absolute Gasteiger partial charge is 0.341 e. The fourth-order valence-electron chi connectivity index (χ4n) is 2.51. The van der Waals surface area contributed by atoms with Crippen molar-refractivity contribution in [3.05, 3.63) is 0 Å². The molecule has 0 radical (unpaired) electrons. The van der Waals surface area contributed by atoms with E-state index in [0.717, 1.165) is 45.3 Å². The number of carbonyl (C=O) groups excluding carboxylic acids is 2. The van der Waals surface area contributed by atoms with Gasteiger partial charge >= 0.3 is 0 Å². The molecule has 1 N–H and O–H groups in total. The summed E-state index contributed by atoms with van der Waals surface area (Å²) in [5, 5.41) is 3.16. The number of likely N-dealkylation sites (N-methyl/N-ethyl adjacent to an activating group) is 1. The van der Waals surface area contributed by atoms with Crippen LogP contribution in [0.4, 0.5) is 0 Å². The zero-order valence-corrected chi connectivity index (χ0v) is 10.4. The van der Waals surface area contributed by atoms with E-state index in [1.807, 2.05) is 4.90 Å². The third-order valence-electron chi connectivity index (χ3n) is 3.57. The van der Waals surface area contributed by atoms with Gasteiger partial charge in [-0.3, -0.25) is 9.59 Å². The van der Waals surface area contributed by atoms with Gasteiger partial charge in [0.15, 0.2) is 0 Å². The second-order valence-corrected chi connectivity index (χ2v) is 4.93. The van der Waals surface area contributed by atoms with E-state index in [0.29, 0.717) is 0 Å². The monoisotopic (exact) mass is 239 g/mol. The average molecular weight is 239 g/mol. The van der Waals surface area contributed by atoms with Gasteiger partial charge in [0.2, 0.25) is 11.8 Å². The Morgan fingerprint density at radius 3 is 2.59 bits per heavy atom. The molecule has 0 unspecified atom stereocenters. The first-order valence-electron chi connectivity index (χ1n) is 6.44. The van der Waals surface area contributed by atoms with Crippen molar-refractivity contribution in [3.8, 4) is 0 Å². The highest BCUT2D eigenvalue weighted by atomic mass is 16.2. The van der Waals surface area contributed by atoms with Crippen LogP contribution in [0.15, 0.2) is 0 Å². The standard InChI is InChI=1S/C12H21N3O2/c1-14(12(17)10-5-4-6-13-10)9-11(16)15-7-2-3-8-15/h10,13H,2-9H2,1H3/t10-/m0/s1. The molecule has 2 aliphatic heterocycles. The van der Waals surface area contributed by atoms with Crippen molar-refractivity contribution in [1.82, 2.24) is 15.1 Å². The summed E-state index contributed by atoms with van der Waals surface area (Å²) < 4.78 is 0. The second kappa shape index (κ2) is 5.49. The fraction of sp³-hybridized carbons (Fsp3) is 0.833. The Morgan fingerprint density at radius 2 is 2.00 bits per heavy atom. The minimum Gasteiger partial charge on any atom is -0.341 e. The van der Waals surface area contributed by atoms with Gasteiger partial charge in [-0.15, -0.1) is 0 Å². The minimum absolute atomic E-state index is 0.0510. The van der Waals surface area contributed by atoms with Crippen molar-refractivity contribution in [1.29, 1.82) is 0 Å². The molecule has 0 aromatic heterocycles. The summed E-state index contributed by atoms with van der Waals surface area (Å²) in [7, 11) is 1.72. The van der Waals surface area contributed by atoms with Crippen molar-refractivity contribution < 1.29 is 9.59 Å². The Kier molecular flexibility index (Phi) is 3.99. The molecule has 0 aromatic rings. The van der Waals surface area contributed by atoms with Crippen LogP contribution < -0.4 is 5.32 Å². The van der Waals surface area contributed by atoms with Gasteiger partial charge in [0, 0.05) is 20.1 Å². The smallest absolute Gasteiger partial charge is 0.242 e. The van der Waals surface area contributed by atoms with E-state index in [1.54, 1.807) is 11.9 Å². The molecule has 0 saturated carbocycles. The molecule has 0 aromatic carbocycles. The lowest BCUT2D eigenvalue weighted by molar-refractivity contribution is -0.139. The van der Waals surface area contributed by atoms with E-state index in [9.17, 15) is 9.59 Å². The van der Waals surface area contributed by atoms with Crippen molar-refractivity contribution in [3.63, 3.8) is 0 Å². The van der Waals surface area contributed by atoms with Crippen LogP contribution in [-0.4, -0.2) is 60.9 Å². The molecule has 2 heterocycles. The predicted molar refractivity (Wildman–Crippen MR) is 64.5 cm³/mol. The van der Waals surface area contributed by atoms with E-state index in [2.05, 4.69) is 5.32 Å². The summed E-state index contributed by atoms with van der Waals surface area (Å²) in [6.07, 6.45) is 4.12. The summed E-state index contributed by atoms with van der Waals surface area (Å²) >= 11 is 0. The maximum Gasteiger partial charge on any atom is 0.242 e. The first-order valence-corrected chi connectivity index (χ1v) is 6.44. The van der Waals surface area contributed by atoms with Gasteiger partial charge in [-0.25, -0.2) is 0 Å². The predicted octanol–water partition coefficient (Wildman–Crippen LogP) is -0.181. The molecule has 96 valence electrons. The number of hydrogen-bond acceptors (Lipinski definition) is 3. The Hall–Kier alpha value is -1.10. The molecule has 0 bridgehead atoms. The van der Waals surface area contributed by atoms with Crippen LogP contribution >= 0.6 is 0 Å². The third-order valence-corrected chi connectivity index (χ3v) is 3.57. The van der Waals surface area contributed by atoms with Crippen LogP contribution in [0.1, 0.15) is 25.7 Å². The van der Waals surface area contributed by atoms with Crippen LogP contribution in [0, 0.1) is 0 Å². The zero-order valence-electron chi connectivity index (χ0n) is 10.4. The summed E-state index contributed by atoms with van der Waals surface area (Å²) in [6.45, 7) is 2.83. The maximum absolute atomic E-state index is 12.0. The van der Waals surface area contributed by atoms with Gasteiger partial charge in [0.05, 0.1) is 12.6 Å². The van der Waals surface area contributed by atoms with E-state index in [4.69, 9.17) is 0 Å². The number of amides is 2. The number of likely N-dealkylation sites (tertiary alicyclic amines) is 1. The fourth-order valence-corrected chi connectivity index (χ4v) is 2.51. The summed E-state index contributed by atoms with van der Waals surface area (Å²) in [4.78, 5) is 27.3. The molecule has 2 amide bonds. The lowest BCUT2D eigenvalue weighted by Gasteiger charge is -2.23. The molecule has 0 aliphatic carbocycles. The van der Waals surface area contributed by atoms with Gasteiger partial charge in [0.25, 0.3) is 0 Å². The maximum atomic E-state index is 12.0. The SMILES string of the molecule is CN(CC(=O)N1CCCC1)C(=O)[C@@H]1CCCN1. The number of rotatable bonds is 3. The second-order valence-electron chi connectivity index (χ2n) is 4.93. The van der Waals surface area contributed by atoms with Crippen molar-refractivity contribution in [2.45, 2.75) is 31.7 Å². The molecule has 17 heavy (non-hydrogen) atoms. The molecular formula is C12H21N3O2.